The van der Waals surface area contributed by atoms with Gasteiger partial charge in [-0.3, -0.25) is 14.4 Å². The van der Waals surface area contributed by atoms with Gasteiger partial charge in [-0.2, -0.15) is 0 Å². The molecule has 0 unspecified atom stereocenters. The second-order valence-corrected chi connectivity index (χ2v) is 54.5. The number of nitrogens with one attached hydrogen (secondary N) is 3. The van der Waals surface area contributed by atoms with Crippen LogP contribution in [0.1, 0.15) is 422 Å². The van der Waals surface area contributed by atoms with Crippen LogP contribution < -0.4 is 25.8 Å². The number of likely N-dealkylation sites (tertiary alicyclic amines) is 2. The Kier molecular flexibility index (Phi) is 36.9. The second-order valence-electron chi connectivity index (χ2n) is 54.5. The maximum Gasteiger partial charge on any atom is 0.410 e. The van der Waals surface area contributed by atoms with Crippen molar-refractivity contribution in [2.75, 3.05) is 97.7 Å². The lowest BCUT2D eigenvalue weighted by Gasteiger charge is -2.48. The molecule has 0 radical (unpaired) electrons. The summed E-state index contributed by atoms with van der Waals surface area (Å²) >= 11 is 0. The molecule has 0 aliphatic carbocycles. The van der Waals surface area contributed by atoms with Gasteiger partial charge < -0.3 is 59.6 Å². The summed E-state index contributed by atoms with van der Waals surface area (Å²) in [5, 5.41) is 10.7. The summed E-state index contributed by atoms with van der Waals surface area (Å²) in [6.45, 7) is 89.1. The fourth-order valence-corrected chi connectivity index (χ4v) is 21.3. The van der Waals surface area contributed by atoms with Crippen LogP contribution in [0.25, 0.3) is 0 Å². The zero-order chi connectivity index (χ0) is 108. The number of hydrogen-bond donors (Lipinski definition) is 3. The number of rotatable bonds is 0. The standard InChI is InChI=1S/C24H36N2O3.C22H34N2O2.C18H27NO2.C18H27NO.C16H25N.C15H21NO.C14H21N/c1-17(27)26-15-12-24(19-9-8-18(16-20(19)26)22(2,3)4)10-13-25(14-11-24)21(28)29-23(5,6)7;1-20(2,3)16-7-8-17-18(15-16)23-12-9-22(17)10-13-24(14-11-22)19(25)26-21(4,5)6;1-17(2,3)15-8-7-13-9-10-19(12-14(13)11-15)16(20)21-18(4,5)6;1-13(20)19-11-7-10-18(5,6)15-9-8-14(12-16(15)19)17(2,3)4;1-15(2,3)12-7-8-13-14(11-12)17-10-6-9-16(13,4)5;1-11(17)16-8-7-12-5-6-14(15(2,3)4)9-13(12)10-16;1-14(2,3)12-8-7-11-6-4-5-9-15-13(11)10-12/h8-9,16H,10-15H2,1-7H3;7-8,15,23H,9-14H2,1-6H3;7-8,11H,9-10,12H2,1-6H3;8-9,12H,7,10-11H2,1-6H3;7-8,11,17H,6,9-10H2,1-5H3;5-6,9H,7-8,10H2,1-4H3;7-8,10,15H,4-6,9H2,1-3H3. The van der Waals surface area contributed by atoms with Crippen LogP contribution in [0.15, 0.2) is 127 Å². The fraction of sp³-hybridized carbons (Fsp3) is 0.622. The van der Waals surface area contributed by atoms with E-state index in [0.717, 1.165) is 141 Å². The average Bonchev–Trinajstić information content (AvgIpc) is 1.58. The molecule has 145 heavy (non-hydrogen) atoms. The molecule has 18 heteroatoms. The molecule has 7 aromatic rings. The number of piperidine rings is 2. The SMILES string of the molecule is CC(=O)N1CCC2(CCN(C(=O)OC(C)(C)C)CC2)c2ccc(C(C)(C)C)cc21.CC(=O)N1CCCC(C)(C)c2ccc(C(C)(C)C)cc21.CC(=O)N1CCc2ccc(C(C)(C)C)cc2C1.CC(C)(C)OC(=O)N1CCC2(CCNc3cc(C(C)(C)C)ccc32)CC1.CC(C)(C)OC(=O)N1CCc2ccc(C(C)(C)C)cc2C1.CC(C)(C)c1ccc2c(c1)NCCCC2.CC(C)(C)c1ccc2c(c1)NCCCC2(C)C. The molecule has 0 bridgehead atoms. The fourth-order valence-electron chi connectivity index (χ4n) is 21.3. The van der Waals surface area contributed by atoms with Crippen LogP contribution in [0.5, 0.6) is 0 Å². The van der Waals surface area contributed by atoms with Gasteiger partial charge in [0.1, 0.15) is 16.8 Å². The van der Waals surface area contributed by atoms with Crippen molar-refractivity contribution in [1.29, 1.82) is 0 Å². The van der Waals surface area contributed by atoms with E-state index in [4.69, 9.17) is 14.2 Å². The number of amides is 6. The summed E-state index contributed by atoms with van der Waals surface area (Å²) < 4.78 is 16.6. The quantitative estimate of drug-likeness (QED) is 0.122. The molecule has 18 nitrogen and oxygen atoms in total. The van der Waals surface area contributed by atoms with Gasteiger partial charge in [0.25, 0.3) is 0 Å². The van der Waals surface area contributed by atoms with Crippen LogP contribution in [0.2, 0.25) is 0 Å². The van der Waals surface area contributed by atoms with E-state index in [-0.39, 0.29) is 90.2 Å². The minimum absolute atomic E-state index is 0.0240. The van der Waals surface area contributed by atoms with Crippen LogP contribution in [0.3, 0.4) is 0 Å². The molecule has 0 atom stereocenters. The van der Waals surface area contributed by atoms with E-state index in [9.17, 15) is 28.8 Å². The smallest absolute Gasteiger partial charge is 0.410 e. The number of aryl methyl sites for hydroxylation is 1. The number of benzene rings is 7. The third kappa shape index (κ3) is 31.6. The Bertz CT molecular complexity index is 5650. The van der Waals surface area contributed by atoms with Gasteiger partial charge in [0.2, 0.25) is 17.7 Å². The van der Waals surface area contributed by atoms with Crippen molar-refractivity contribution in [2.24, 2.45) is 0 Å². The van der Waals surface area contributed by atoms with E-state index in [1.807, 2.05) is 86.8 Å². The van der Waals surface area contributed by atoms with Crippen molar-refractivity contribution < 1.29 is 43.0 Å². The summed E-state index contributed by atoms with van der Waals surface area (Å²) in [6.07, 6.45) is 15.7. The Morgan fingerprint density at radius 1 is 0.262 bits per heavy atom. The summed E-state index contributed by atoms with van der Waals surface area (Å²) in [6, 6.07) is 47.6. The predicted octanol–water partition coefficient (Wildman–Crippen LogP) is 29.9. The molecule has 6 amide bonds. The summed E-state index contributed by atoms with van der Waals surface area (Å²) in [7, 11) is 0. The molecule has 2 saturated heterocycles. The maximum absolute atomic E-state index is 12.5. The van der Waals surface area contributed by atoms with E-state index in [1.54, 1.807) is 25.7 Å². The molecule has 2 fully saturated rings. The van der Waals surface area contributed by atoms with Crippen LogP contribution in [-0.2, 0) is 121 Å². The van der Waals surface area contributed by atoms with Crippen LogP contribution in [0, 0.1) is 0 Å². The summed E-state index contributed by atoms with van der Waals surface area (Å²) in [5.41, 5.74) is 28.2. The zero-order valence-electron chi connectivity index (χ0n) is 97.3. The van der Waals surface area contributed by atoms with Crippen molar-refractivity contribution in [3.8, 4) is 0 Å². The topological polar surface area (TPSA) is 186 Å². The third-order valence-electron chi connectivity index (χ3n) is 30.8. The molecule has 9 aliphatic heterocycles. The molecule has 9 heterocycles. The minimum atomic E-state index is -0.477. The van der Waals surface area contributed by atoms with E-state index in [2.05, 4.69) is 316 Å². The Hall–Kier alpha value is -9.84. The van der Waals surface area contributed by atoms with Gasteiger partial charge in [-0.25, -0.2) is 14.4 Å². The first kappa shape index (κ1) is 117. The maximum atomic E-state index is 12.5. The number of carbonyl (C=O) groups is 6. The van der Waals surface area contributed by atoms with Crippen molar-refractivity contribution in [3.05, 3.63) is 216 Å². The Balaban J connectivity index is 0.000000175. The molecule has 9 aliphatic rings. The van der Waals surface area contributed by atoms with E-state index in [0.29, 0.717) is 25.0 Å². The van der Waals surface area contributed by atoms with Crippen molar-refractivity contribution in [3.63, 3.8) is 0 Å². The van der Waals surface area contributed by atoms with Crippen LogP contribution in [0.4, 0.5) is 42.8 Å². The Morgan fingerprint density at radius 3 is 1.01 bits per heavy atom. The molecule has 7 aromatic carbocycles. The lowest BCUT2D eigenvalue weighted by atomic mass is 9.67. The number of carbonyl (C=O) groups excluding carboxylic acids is 6. The summed E-state index contributed by atoms with van der Waals surface area (Å²) in [4.78, 5) is 84.1. The molecule has 0 saturated carbocycles. The highest BCUT2D eigenvalue weighted by molar-refractivity contribution is 5.94. The highest BCUT2D eigenvalue weighted by Crippen LogP contribution is 2.51. The van der Waals surface area contributed by atoms with Crippen LogP contribution in [-0.4, -0.2) is 144 Å². The zero-order valence-corrected chi connectivity index (χ0v) is 97.3. The molecular formula is C127H191N9O9. The van der Waals surface area contributed by atoms with Gasteiger partial charge in [-0.1, -0.05) is 270 Å². The van der Waals surface area contributed by atoms with E-state index >= 15 is 0 Å². The predicted molar refractivity (Wildman–Crippen MR) is 607 cm³/mol. The number of ether oxygens (including phenoxy) is 3. The highest BCUT2D eigenvalue weighted by atomic mass is 16.6. The molecule has 3 N–H and O–H groups in total. The molecule has 0 aromatic heterocycles. The Labute approximate surface area is 877 Å². The number of hydrogen-bond acceptors (Lipinski definition) is 12. The minimum Gasteiger partial charge on any atom is -0.444 e. The van der Waals surface area contributed by atoms with E-state index < -0.39 is 16.8 Å². The summed E-state index contributed by atoms with van der Waals surface area (Å²) in [5.74, 6) is 0.421. The highest BCUT2D eigenvalue weighted by Gasteiger charge is 2.46. The Morgan fingerprint density at radius 2 is 0.579 bits per heavy atom. The first-order valence-electron chi connectivity index (χ1n) is 54.7. The largest absolute Gasteiger partial charge is 0.444 e. The third-order valence-corrected chi connectivity index (χ3v) is 30.8. The van der Waals surface area contributed by atoms with Gasteiger partial charge in [0, 0.05) is 145 Å². The monoisotopic (exact) mass is 1990 g/mol. The normalized spacial score (nSPS) is 17.9. The lowest BCUT2D eigenvalue weighted by molar-refractivity contribution is -0.129. The van der Waals surface area contributed by atoms with E-state index in [1.165, 1.54) is 138 Å². The van der Waals surface area contributed by atoms with Crippen LogP contribution >= 0.6 is 0 Å². The number of fused-ring (bicyclic) bond motifs is 9. The van der Waals surface area contributed by atoms with Crippen molar-refractivity contribution in [1.82, 2.24) is 19.6 Å². The average molecular weight is 1990 g/mol. The van der Waals surface area contributed by atoms with Gasteiger partial charge in [0.05, 0.1) is 0 Å². The number of anilines is 5. The lowest BCUT2D eigenvalue weighted by Crippen LogP contribution is -2.50. The molecule has 798 valence electrons. The molecule has 2 spiro atoms. The van der Waals surface area contributed by atoms with Crippen molar-refractivity contribution >= 4 is 64.4 Å². The molecule has 16 rings (SSSR count). The van der Waals surface area contributed by atoms with Gasteiger partial charge >= 0.3 is 18.3 Å². The molecular weight excluding hydrogens is 1800 g/mol. The first-order valence-corrected chi connectivity index (χ1v) is 54.7. The van der Waals surface area contributed by atoms with Gasteiger partial charge in [0.15, 0.2) is 0 Å². The first-order chi connectivity index (χ1) is 66.8. The number of nitrogens with zero attached hydrogens (tertiary/aromatic N) is 6. The van der Waals surface area contributed by atoms with Gasteiger partial charge in [-0.05, 0) is 327 Å². The van der Waals surface area contributed by atoms with Gasteiger partial charge in [-0.15, -0.1) is 0 Å². The van der Waals surface area contributed by atoms with Crippen molar-refractivity contribution in [2.45, 2.75) is 442 Å². The second kappa shape index (κ2) is 45.7.